The lowest BCUT2D eigenvalue weighted by atomic mass is 10.1. The number of fused-ring (bicyclic) bond motifs is 1. The lowest BCUT2D eigenvalue weighted by Gasteiger charge is -2.11. The molecule has 0 aliphatic rings. The summed E-state index contributed by atoms with van der Waals surface area (Å²) < 4.78 is 5.74. The van der Waals surface area contributed by atoms with E-state index >= 15 is 0 Å². The standard InChI is InChI=1S/C17H15BrN2O3S/c1-3-9-4-5-10(17(22)23-2)6-12(9)19-15(21)13-7-11-8-14(18)24-16(11)20-13/h4-8,20H,3H2,1-2H3,(H,19,21). The van der Waals surface area contributed by atoms with E-state index in [0.29, 0.717) is 16.9 Å². The summed E-state index contributed by atoms with van der Waals surface area (Å²) in [6, 6.07) is 8.93. The average molecular weight is 407 g/mol. The van der Waals surface area contributed by atoms with Crippen LogP contribution in [0.15, 0.2) is 34.1 Å². The van der Waals surface area contributed by atoms with Crippen molar-refractivity contribution in [2.45, 2.75) is 13.3 Å². The average Bonchev–Trinajstić information content (AvgIpc) is 3.11. The molecule has 5 nitrogen and oxygen atoms in total. The predicted octanol–water partition coefficient (Wildman–Crippen LogP) is 4.59. The molecule has 0 aliphatic carbocycles. The number of thiophene rings is 1. The van der Waals surface area contributed by atoms with Crippen LogP contribution < -0.4 is 5.32 Å². The lowest BCUT2D eigenvalue weighted by molar-refractivity contribution is 0.0600. The number of amides is 1. The van der Waals surface area contributed by atoms with E-state index in [0.717, 1.165) is 26.0 Å². The van der Waals surface area contributed by atoms with E-state index in [-0.39, 0.29) is 5.91 Å². The number of carbonyl (C=O) groups excluding carboxylic acids is 2. The van der Waals surface area contributed by atoms with Crippen molar-refractivity contribution in [3.63, 3.8) is 0 Å². The number of benzene rings is 1. The molecule has 0 radical (unpaired) electrons. The Morgan fingerprint density at radius 3 is 2.75 bits per heavy atom. The Kier molecular flexibility index (Phi) is 4.73. The van der Waals surface area contributed by atoms with Crippen molar-refractivity contribution in [2.75, 3.05) is 12.4 Å². The van der Waals surface area contributed by atoms with E-state index in [9.17, 15) is 9.59 Å². The fourth-order valence-corrected chi connectivity index (χ4v) is 3.96. The predicted molar refractivity (Wildman–Crippen MR) is 99.0 cm³/mol. The minimum atomic E-state index is -0.432. The highest BCUT2D eigenvalue weighted by atomic mass is 79.9. The molecule has 0 atom stereocenters. The van der Waals surface area contributed by atoms with Crippen molar-refractivity contribution in [3.8, 4) is 0 Å². The number of aromatic amines is 1. The van der Waals surface area contributed by atoms with Crippen LogP contribution in [0.25, 0.3) is 10.2 Å². The first-order valence-electron chi connectivity index (χ1n) is 7.32. The molecule has 3 aromatic rings. The van der Waals surface area contributed by atoms with E-state index < -0.39 is 5.97 Å². The molecule has 0 saturated carbocycles. The van der Waals surface area contributed by atoms with Crippen molar-refractivity contribution in [3.05, 3.63) is 50.9 Å². The number of H-pyrrole nitrogens is 1. The Morgan fingerprint density at radius 1 is 1.29 bits per heavy atom. The van der Waals surface area contributed by atoms with Gasteiger partial charge in [-0.15, -0.1) is 11.3 Å². The van der Waals surface area contributed by atoms with Crippen molar-refractivity contribution in [2.24, 2.45) is 0 Å². The van der Waals surface area contributed by atoms with Crippen LogP contribution in [0.1, 0.15) is 33.3 Å². The van der Waals surface area contributed by atoms with Crippen LogP contribution in [0.5, 0.6) is 0 Å². The van der Waals surface area contributed by atoms with Gasteiger partial charge in [-0.1, -0.05) is 13.0 Å². The molecule has 0 saturated heterocycles. The smallest absolute Gasteiger partial charge is 0.337 e. The van der Waals surface area contributed by atoms with Gasteiger partial charge in [0.2, 0.25) is 0 Å². The number of carbonyl (C=O) groups is 2. The molecule has 0 fully saturated rings. The molecular formula is C17H15BrN2O3S. The summed E-state index contributed by atoms with van der Waals surface area (Å²) in [6.07, 6.45) is 0.740. The molecule has 1 amide bonds. The Bertz CT molecular complexity index is 898. The van der Waals surface area contributed by atoms with Gasteiger partial charge in [0.1, 0.15) is 10.5 Å². The van der Waals surface area contributed by atoms with Crippen molar-refractivity contribution in [1.29, 1.82) is 0 Å². The molecule has 7 heteroatoms. The third kappa shape index (κ3) is 3.22. The van der Waals surface area contributed by atoms with E-state index in [4.69, 9.17) is 4.74 Å². The van der Waals surface area contributed by atoms with Gasteiger partial charge in [-0.3, -0.25) is 4.79 Å². The first-order valence-corrected chi connectivity index (χ1v) is 8.93. The van der Waals surface area contributed by atoms with Gasteiger partial charge in [0.15, 0.2) is 0 Å². The lowest BCUT2D eigenvalue weighted by Crippen LogP contribution is -2.14. The second-order valence-electron chi connectivity index (χ2n) is 5.19. The topological polar surface area (TPSA) is 71.2 Å². The number of aryl methyl sites for hydroxylation is 1. The molecular weight excluding hydrogens is 392 g/mol. The second kappa shape index (κ2) is 6.78. The minimum absolute atomic E-state index is 0.244. The monoisotopic (exact) mass is 406 g/mol. The first-order chi connectivity index (χ1) is 11.5. The number of ether oxygens (including phenoxy) is 1. The van der Waals surface area contributed by atoms with Crippen LogP contribution in [0, 0.1) is 0 Å². The molecule has 0 aliphatic heterocycles. The van der Waals surface area contributed by atoms with Gasteiger partial charge in [0.25, 0.3) is 5.91 Å². The maximum Gasteiger partial charge on any atom is 0.337 e. The number of methoxy groups -OCH3 is 1. The van der Waals surface area contributed by atoms with Gasteiger partial charge in [-0.2, -0.15) is 0 Å². The van der Waals surface area contributed by atoms with Crippen molar-refractivity contribution >= 4 is 55.0 Å². The quantitative estimate of drug-likeness (QED) is 0.622. The number of rotatable bonds is 4. The maximum absolute atomic E-state index is 12.5. The summed E-state index contributed by atoms with van der Waals surface area (Å²) >= 11 is 4.95. The van der Waals surface area contributed by atoms with E-state index in [1.807, 2.05) is 25.1 Å². The summed E-state index contributed by atoms with van der Waals surface area (Å²) in [6.45, 7) is 1.99. The van der Waals surface area contributed by atoms with Gasteiger partial charge in [0, 0.05) is 11.1 Å². The number of aromatic nitrogens is 1. The molecule has 1 aromatic carbocycles. The highest BCUT2D eigenvalue weighted by Gasteiger charge is 2.15. The summed E-state index contributed by atoms with van der Waals surface area (Å²) in [7, 11) is 1.33. The minimum Gasteiger partial charge on any atom is -0.465 e. The fourth-order valence-electron chi connectivity index (χ4n) is 2.45. The SMILES string of the molecule is CCc1ccc(C(=O)OC)cc1NC(=O)c1cc2cc(Br)sc2[nH]1. The molecule has 2 N–H and O–H groups in total. The van der Waals surface area contributed by atoms with Gasteiger partial charge in [-0.25, -0.2) is 4.79 Å². The van der Waals surface area contributed by atoms with Crippen molar-refractivity contribution in [1.82, 2.24) is 4.98 Å². The second-order valence-corrected chi connectivity index (χ2v) is 7.62. The van der Waals surface area contributed by atoms with Crippen LogP contribution in [-0.4, -0.2) is 24.0 Å². The van der Waals surface area contributed by atoms with Gasteiger partial charge < -0.3 is 15.0 Å². The van der Waals surface area contributed by atoms with E-state index in [1.165, 1.54) is 18.4 Å². The fraction of sp³-hybridized carbons (Fsp3) is 0.176. The van der Waals surface area contributed by atoms with Crippen LogP contribution in [0.2, 0.25) is 0 Å². The summed E-state index contributed by atoms with van der Waals surface area (Å²) in [5.74, 6) is -0.676. The molecule has 124 valence electrons. The maximum atomic E-state index is 12.5. The van der Waals surface area contributed by atoms with Crippen LogP contribution in [-0.2, 0) is 11.2 Å². The third-order valence-corrected chi connectivity index (χ3v) is 5.25. The van der Waals surface area contributed by atoms with Gasteiger partial charge in [-0.05, 0) is 52.2 Å². The normalized spacial score (nSPS) is 10.8. The first kappa shape index (κ1) is 16.7. The van der Waals surface area contributed by atoms with Gasteiger partial charge in [0.05, 0.1) is 16.5 Å². The number of hydrogen-bond acceptors (Lipinski definition) is 4. The number of nitrogens with one attached hydrogen (secondary N) is 2. The summed E-state index contributed by atoms with van der Waals surface area (Å²) in [4.78, 5) is 28.3. The molecule has 24 heavy (non-hydrogen) atoms. The number of anilines is 1. The summed E-state index contributed by atoms with van der Waals surface area (Å²) in [5.41, 5.74) is 2.45. The number of halogens is 1. The third-order valence-electron chi connectivity index (χ3n) is 3.68. The Morgan fingerprint density at radius 2 is 2.08 bits per heavy atom. The highest BCUT2D eigenvalue weighted by Crippen LogP contribution is 2.30. The number of hydrogen-bond donors (Lipinski definition) is 2. The van der Waals surface area contributed by atoms with Crippen molar-refractivity contribution < 1.29 is 14.3 Å². The number of esters is 1. The zero-order valence-corrected chi connectivity index (χ0v) is 15.5. The van der Waals surface area contributed by atoms with Crippen LogP contribution >= 0.6 is 27.3 Å². The van der Waals surface area contributed by atoms with E-state index in [2.05, 4.69) is 26.2 Å². The molecule has 0 spiro atoms. The Hall–Kier alpha value is -2.12. The van der Waals surface area contributed by atoms with Crippen LogP contribution in [0.4, 0.5) is 5.69 Å². The zero-order valence-electron chi connectivity index (χ0n) is 13.1. The summed E-state index contributed by atoms with van der Waals surface area (Å²) in [5, 5.41) is 3.86. The van der Waals surface area contributed by atoms with Crippen LogP contribution in [0.3, 0.4) is 0 Å². The largest absolute Gasteiger partial charge is 0.465 e. The molecule has 3 rings (SSSR count). The molecule has 2 aromatic heterocycles. The molecule has 2 heterocycles. The van der Waals surface area contributed by atoms with Gasteiger partial charge >= 0.3 is 5.97 Å². The highest BCUT2D eigenvalue weighted by molar-refractivity contribution is 9.11. The Labute approximate surface area is 151 Å². The zero-order chi connectivity index (χ0) is 17.3. The molecule has 0 unspecified atom stereocenters. The van der Waals surface area contributed by atoms with E-state index in [1.54, 1.807) is 12.1 Å². The molecule has 0 bridgehead atoms. The Balaban J connectivity index is 1.89.